The van der Waals surface area contributed by atoms with Crippen molar-refractivity contribution in [1.29, 1.82) is 0 Å². The summed E-state index contributed by atoms with van der Waals surface area (Å²) in [6, 6.07) is 7.56. The number of hydrogen-bond acceptors (Lipinski definition) is 5. The maximum Gasteiger partial charge on any atom is 0.227 e. The van der Waals surface area contributed by atoms with Crippen LogP contribution in [0, 0.1) is 5.92 Å². The molecule has 1 amide bonds. The summed E-state index contributed by atoms with van der Waals surface area (Å²) in [6.07, 6.45) is 0.765. The molecule has 1 aromatic heterocycles. The van der Waals surface area contributed by atoms with Crippen LogP contribution in [-0.2, 0) is 11.2 Å². The smallest absolute Gasteiger partial charge is 0.227 e. The highest BCUT2D eigenvalue weighted by Gasteiger charge is 2.13. The average Bonchev–Trinajstić information content (AvgIpc) is 3.02. The van der Waals surface area contributed by atoms with E-state index in [0.717, 1.165) is 11.3 Å². The lowest BCUT2D eigenvalue weighted by Crippen LogP contribution is -2.36. The number of ether oxygens (including phenoxy) is 1. The minimum absolute atomic E-state index is 0.00426. The van der Waals surface area contributed by atoms with Crippen LogP contribution in [0.5, 0.6) is 5.75 Å². The SMILES string of the molecule is COc1ccc(-c2noc(CCC(=O)NC(C)C(C)C)n2)cc1. The third-order valence-electron chi connectivity index (χ3n) is 3.77. The molecule has 6 nitrogen and oxygen atoms in total. The van der Waals surface area contributed by atoms with Gasteiger partial charge in [-0.05, 0) is 37.1 Å². The molecule has 0 aliphatic carbocycles. The molecule has 0 aliphatic heterocycles. The first-order chi connectivity index (χ1) is 11.0. The maximum atomic E-state index is 11.9. The highest BCUT2D eigenvalue weighted by Crippen LogP contribution is 2.20. The Kier molecular flexibility index (Phi) is 5.73. The van der Waals surface area contributed by atoms with Gasteiger partial charge in [-0.15, -0.1) is 0 Å². The highest BCUT2D eigenvalue weighted by atomic mass is 16.5. The first-order valence-electron chi connectivity index (χ1n) is 7.76. The van der Waals surface area contributed by atoms with E-state index >= 15 is 0 Å². The van der Waals surface area contributed by atoms with Gasteiger partial charge in [0.15, 0.2) is 0 Å². The van der Waals surface area contributed by atoms with Crippen LogP contribution in [0.3, 0.4) is 0 Å². The first-order valence-corrected chi connectivity index (χ1v) is 7.76. The number of nitrogens with one attached hydrogen (secondary N) is 1. The quantitative estimate of drug-likeness (QED) is 0.849. The molecule has 1 N–H and O–H groups in total. The fraction of sp³-hybridized carbons (Fsp3) is 0.471. The summed E-state index contributed by atoms with van der Waals surface area (Å²) in [5.74, 6) is 2.15. The number of aromatic nitrogens is 2. The van der Waals surface area contributed by atoms with Gasteiger partial charge in [-0.25, -0.2) is 0 Å². The van der Waals surface area contributed by atoms with E-state index in [9.17, 15) is 4.79 Å². The molecular weight excluding hydrogens is 294 g/mol. The predicted molar refractivity (Wildman–Crippen MR) is 87.0 cm³/mol. The fourth-order valence-corrected chi connectivity index (χ4v) is 1.93. The van der Waals surface area contributed by atoms with Crippen molar-refractivity contribution in [2.45, 2.75) is 39.7 Å². The van der Waals surface area contributed by atoms with Crippen LogP contribution in [-0.4, -0.2) is 29.2 Å². The molecule has 0 aliphatic rings. The lowest BCUT2D eigenvalue weighted by atomic mass is 10.1. The molecule has 124 valence electrons. The molecule has 0 spiro atoms. The first kappa shape index (κ1) is 17.0. The molecule has 0 saturated carbocycles. The van der Waals surface area contributed by atoms with Crippen molar-refractivity contribution in [3.8, 4) is 17.1 Å². The van der Waals surface area contributed by atoms with E-state index in [4.69, 9.17) is 9.26 Å². The molecule has 0 saturated heterocycles. The van der Waals surface area contributed by atoms with Crippen LogP contribution < -0.4 is 10.1 Å². The zero-order valence-electron chi connectivity index (χ0n) is 14.0. The summed E-state index contributed by atoms with van der Waals surface area (Å²) in [5, 5.41) is 6.91. The number of rotatable bonds is 7. The second kappa shape index (κ2) is 7.76. The van der Waals surface area contributed by atoms with Crippen molar-refractivity contribution in [2.75, 3.05) is 7.11 Å². The number of aryl methyl sites for hydroxylation is 1. The summed E-state index contributed by atoms with van der Waals surface area (Å²) in [7, 11) is 1.62. The van der Waals surface area contributed by atoms with Gasteiger partial charge in [0.2, 0.25) is 17.6 Å². The van der Waals surface area contributed by atoms with Gasteiger partial charge < -0.3 is 14.6 Å². The van der Waals surface area contributed by atoms with E-state index < -0.39 is 0 Å². The Hall–Kier alpha value is -2.37. The lowest BCUT2D eigenvalue weighted by molar-refractivity contribution is -0.122. The maximum absolute atomic E-state index is 11.9. The van der Waals surface area contributed by atoms with Crippen molar-refractivity contribution in [1.82, 2.24) is 15.5 Å². The Morgan fingerprint density at radius 3 is 2.57 bits per heavy atom. The normalized spacial score (nSPS) is 12.2. The van der Waals surface area contributed by atoms with Gasteiger partial charge in [0.1, 0.15) is 5.75 Å². The number of methoxy groups -OCH3 is 1. The van der Waals surface area contributed by atoms with Crippen LogP contribution >= 0.6 is 0 Å². The Morgan fingerprint density at radius 1 is 1.26 bits per heavy atom. The van der Waals surface area contributed by atoms with Gasteiger partial charge in [0, 0.05) is 24.4 Å². The Balaban J connectivity index is 1.90. The molecule has 0 radical (unpaired) electrons. The fourth-order valence-electron chi connectivity index (χ4n) is 1.93. The largest absolute Gasteiger partial charge is 0.497 e. The number of carbonyl (C=O) groups is 1. The van der Waals surface area contributed by atoms with E-state index in [-0.39, 0.29) is 11.9 Å². The van der Waals surface area contributed by atoms with E-state index in [1.807, 2.05) is 31.2 Å². The molecule has 1 atom stereocenters. The second-order valence-electron chi connectivity index (χ2n) is 5.84. The number of benzene rings is 1. The van der Waals surface area contributed by atoms with Crippen LogP contribution in [0.4, 0.5) is 0 Å². The molecule has 2 aromatic rings. The van der Waals surface area contributed by atoms with Crippen molar-refractivity contribution in [3.63, 3.8) is 0 Å². The van der Waals surface area contributed by atoms with Gasteiger partial charge in [-0.2, -0.15) is 4.98 Å². The number of nitrogens with zero attached hydrogens (tertiary/aromatic N) is 2. The van der Waals surface area contributed by atoms with Crippen LogP contribution in [0.15, 0.2) is 28.8 Å². The molecular formula is C17H23N3O3. The average molecular weight is 317 g/mol. The molecule has 0 bridgehead atoms. The van der Waals surface area contributed by atoms with E-state index in [2.05, 4.69) is 29.3 Å². The van der Waals surface area contributed by atoms with E-state index in [1.54, 1.807) is 7.11 Å². The van der Waals surface area contributed by atoms with Gasteiger partial charge in [-0.3, -0.25) is 4.79 Å². The van der Waals surface area contributed by atoms with Gasteiger partial charge >= 0.3 is 0 Å². The van der Waals surface area contributed by atoms with Crippen molar-refractivity contribution in [2.24, 2.45) is 5.92 Å². The number of amides is 1. The monoisotopic (exact) mass is 317 g/mol. The summed E-state index contributed by atoms with van der Waals surface area (Å²) in [6.45, 7) is 6.14. The second-order valence-corrected chi connectivity index (χ2v) is 5.84. The van der Waals surface area contributed by atoms with Crippen molar-refractivity contribution >= 4 is 5.91 Å². The van der Waals surface area contributed by atoms with Crippen LogP contribution in [0.1, 0.15) is 33.1 Å². The summed E-state index contributed by atoms with van der Waals surface area (Å²) >= 11 is 0. The summed E-state index contributed by atoms with van der Waals surface area (Å²) < 4.78 is 10.3. The minimum Gasteiger partial charge on any atom is -0.497 e. The summed E-state index contributed by atoms with van der Waals surface area (Å²) in [4.78, 5) is 16.2. The number of carbonyl (C=O) groups excluding carboxylic acids is 1. The van der Waals surface area contributed by atoms with Crippen molar-refractivity contribution < 1.29 is 14.1 Å². The molecule has 1 unspecified atom stereocenters. The van der Waals surface area contributed by atoms with Crippen molar-refractivity contribution in [3.05, 3.63) is 30.2 Å². The zero-order chi connectivity index (χ0) is 16.8. The third-order valence-corrected chi connectivity index (χ3v) is 3.77. The Labute approximate surface area is 136 Å². The topological polar surface area (TPSA) is 77.2 Å². The standard InChI is InChI=1S/C17H23N3O3/c1-11(2)12(3)18-15(21)9-10-16-19-17(20-23-16)13-5-7-14(22-4)8-6-13/h5-8,11-12H,9-10H2,1-4H3,(H,18,21). The summed E-state index contributed by atoms with van der Waals surface area (Å²) in [5.41, 5.74) is 0.846. The molecule has 0 fully saturated rings. The minimum atomic E-state index is -0.00426. The number of hydrogen-bond donors (Lipinski definition) is 1. The van der Waals surface area contributed by atoms with Crippen LogP contribution in [0.25, 0.3) is 11.4 Å². The van der Waals surface area contributed by atoms with E-state index in [0.29, 0.717) is 30.5 Å². The molecule has 2 rings (SSSR count). The molecule has 6 heteroatoms. The highest BCUT2D eigenvalue weighted by molar-refractivity contribution is 5.76. The zero-order valence-corrected chi connectivity index (χ0v) is 14.0. The van der Waals surface area contributed by atoms with Gasteiger partial charge in [0.25, 0.3) is 0 Å². The lowest BCUT2D eigenvalue weighted by Gasteiger charge is -2.16. The Bertz CT molecular complexity index is 635. The van der Waals surface area contributed by atoms with E-state index in [1.165, 1.54) is 0 Å². The van der Waals surface area contributed by atoms with Gasteiger partial charge in [-0.1, -0.05) is 19.0 Å². The molecule has 1 aromatic carbocycles. The van der Waals surface area contributed by atoms with Gasteiger partial charge in [0.05, 0.1) is 7.11 Å². The molecule has 1 heterocycles. The Morgan fingerprint density at radius 2 is 1.96 bits per heavy atom. The predicted octanol–water partition coefficient (Wildman–Crippen LogP) is 2.84. The third kappa shape index (κ3) is 4.81. The molecule has 23 heavy (non-hydrogen) atoms. The van der Waals surface area contributed by atoms with Crippen LogP contribution in [0.2, 0.25) is 0 Å².